The molecule has 1 saturated heterocycles. The van der Waals surface area contributed by atoms with Gasteiger partial charge < -0.3 is 10.0 Å². The van der Waals surface area contributed by atoms with Crippen molar-refractivity contribution in [3.8, 4) is 5.75 Å². The Morgan fingerprint density at radius 2 is 1.71 bits per heavy atom. The van der Waals surface area contributed by atoms with Crippen molar-refractivity contribution in [2.75, 3.05) is 13.1 Å². The largest absolute Gasteiger partial charge is 0.507 e. The van der Waals surface area contributed by atoms with Crippen LogP contribution >= 0.6 is 0 Å². The van der Waals surface area contributed by atoms with Gasteiger partial charge in [0.1, 0.15) is 12.3 Å². The predicted octanol–water partition coefficient (Wildman–Crippen LogP) is 1.82. The number of hydrogen-bond donors (Lipinski definition) is 2. The summed E-state index contributed by atoms with van der Waals surface area (Å²) in [6.07, 6.45) is 2.71. The third-order valence-corrected chi connectivity index (χ3v) is 3.99. The highest BCUT2D eigenvalue weighted by Crippen LogP contribution is 2.22. The maximum Gasteiger partial charge on any atom is 0.121 e. The lowest BCUT2D eigenvalue weighted by molar-refractivity contribution is -0.919. The van der Waals surface area contributed by atoms with Gasteiger partial charge in [0.15, 0.2) is 0 Å². The lowest BCUT2D eigenvalue weighted by Gasteiger charge is -2.27. The molecule has 2 N–H and O–H groups in total. The summed E-state index contributed by atoms with van der Waals surface area (Å²) in [5, 5.41) is 9.76. The zero-order valence-electron chi connectivity index (χ0n) is 11.2. The van der Waals surface area contributed by atoms with Gasteiger partial charge in [-0.1, -0.05) is 6.92 Å². The van der Waals surface area contributed by atoms with Crippen LogP contribution in [0.2, 0.25) is 0 Å². The van der Waals surface area contributed by atoms with E-state index in [1.807, 2.05) is 13.8 Å². The molecule has 0 atom stereocenters. The normalized spacial score (nSPS) is 24.9. The Morgan fingerprint density at radius 3 is 2.24 bits per heavy atom. The van der Waals surface area contributed by atoms with Crippen LogP contribution in [0.1, 0.15) is 36.5 Å². The number of aromatic hydroxyl groups is 1. The number of piperidine rings is 1. The van der Waals surface area contributed by atoms with Crippen molar-refractivity contribution in [2.45, 2.75) is 40.2 Å². The Hall–Kier alpha value is -1.02. The van der Waals surface area contributed by atoms with E-state index in [0.717, 1.165) is 23.6 Å². The molecule has 2 heteroatoms. The number of rotatable bonds is 2. The topological polar surface area (TPSA) is 24.7 Å². The molecule has 2 rings (SSSR count). The first-order valence-electron chi connectivity index (χ1n) is 6.69. The Bertz CT molecular complexity index is 369. The minimum Gasteiger partial charge on any atom is -0.507 e. The van der Waals surface area contributed by atoms with E-state index in [2.05, 4.69) is 19.1 Å². The van der Waals surface area contributed by atoms with Gasteiger partial charge in [0, 0.05) is 5.56 Å². The highest BCUT2D eigenvalue weighted by molar-refractivity contribution is 5.41. The summed E-state index contributed by atoms with van der Waals surface area (Å²) < 4.78 is 0. The van der Waals surface area contributed by atoms with Crippen LogP contribution in [0.15, 0.2) is 12.1 Å². The average Bonchev–Trinajstić information content (AvgIpc) is 2.29. The van der Waals surface area contributed by atoms with Gasteiger partial charge in [0.25, 0.3) is 0 Å². The van der Waals surface area contributed by atoms with Gasteiger partial charge in [-0.15, -0.1) is 0 Å². The molecule has 0 saturated carbocycles. The van der Waals surface area contributed by atoms with Gasteiger partial charge in [0.05, 0.1) is 13.1 Å². The van der Waals surface area contributed by atoms with Gasteiger partial charge in [-0.25, -0.2) is 0 Å². The van der Waals surface area contributed by atoms with Crippen LogP contribution in [0, 0.1) is 19.8 Å². The highest BCUT2D eigenvalue weighted by atomic mass is 16.3. The van der Waals surface area contributed by atoms with Crippen molar-refractivity contribution in [3.05, 3.63) is 28.8 Å². The first kappa shape index (κ1) is 12.4. The van der Waals surface area contributed by atoms with Crippen LogP contribution in [0.5, 0.6) is 5.75 Å². The van der Waals surface area contributed by atoms with Gasteiger partial charge in [-0.2, -0.15) is 0 Å². The smallest absolute Gasteiger partial charge is 0.121 e. The molecule has 0 radical (unpaired) electrons. The van der Waals surface area contributed by atoms with E-state index in [-0.39, 0.29) is 0 Å². The molecular formula is C15H24NO+. The minimum atomic E-state index is 0.455. The van der Waals surface area contributed by atoms with Gasteiger partial charge >= 0.3 is 0 Å². The van der Waals surface area contributed by atoms with E-state index in [1.54, 1.807) is 4.90 Å². The number of benzene rings is 1. The second-order valence-corrected chi connectivity index (χ2v) is 5.69. The summed E-state index contributed by atoms with van der Waals surface area (Å²) in [6, 6.07) is 4.26. The van der Waals surface area contributed by atoms with Crippen molar-refractivity contribution in [1.29, 1.82) is 0 Å². The van der Waals surface area contributed by atoms with Crippen LogP contribution in [0.3, 0.4) is 0 Å². The van der Waals surface area contributed by atoms with Crippen LogP contribution in [0.4, 0.5) is 0 Å². The number of phenols is 1. The zero-order chi connectivity index (χ0) is 12.4. The number of aryl methyl sites for hydroxylation is 2. The first-order chi connectivity index (χ1) is 8.06. The fraction of sp³-hybridized carbons (Fsp3) is 0.600. The van der Waals surface area contributed by atoms with Crippen molar-refractivity contribution in [3.63, 3.8) is 0 Å². The molecule has 1 aromatic rings. The van der Waals surface area contributed by atoms with E-state index in [1.165, 1.54) is 31.5 Å². The summed E-state index contributed by atoms with van der Waals surface area (Å²) >= 11 is 0. The van der Waals surface area contributed by atoms with E-state index >= 15 is 0 Å². The summed E-state index contributed by atoms with van der Waals surface area (Å²) in [5.74, 6) is 1.36. The van der Waals surface area contributed by atoms with Crippen molar-refractivity contribution in [1.82, 2.24) is 0 Å². The molecule has 0 aromatic heterocycles. The molecule has 0 amide bonds. The zero-order valence-corrected chi connectivity index (χ0v) is 11.2. The Morgan fingerprint density at radius 1 is 1.18 bits per heavy atom. The van der Waals surface area contributed by atoms with Gasteiger partial charge in [-0.05, 0) is 55.9 Å². The molecule has 0 unspecified atom stereocenters. The molecule has 0 bridgehead atoms. The molecule has 1 fully saturated rings. The number of phenolic OH excluding ortho intramolecular Hbond substituents is 1. The molecule has 1 heterocycles. The maximum atomic E-state index is 9.76. The monoisotopic (exact) mass is 234 g/mol. The molecule has 2 nitrogen and oxygen atoms in total. The Balaban J connectivity index is 2.04. The summed E-state index contributed by atoms with van der Waals surface area (Å²) in [7, 11) is 0. The molecule has 17 heavy (non-hydrogen) atoms. The van der Waals surface area contributed by atoms with Crippen LogP contribution < -0.4 is 4.90 Å². The summed E-state index contributed by atoms with van der Waals surface area (Å²) in [6.45, 7) is 10.0. The van der Waals surface area contributed by atoms with E-state index < -0.39 is 0 Å². The summed E-state index contributed by atoms with van der Waals surface area (Å²) in [4.78, 5) is 1.69. The Labute approximate surface area is 104 Å². The Kier molecular flexibility index (Phi) is 3.72. The van der Waals surface area contributed by atoms with Crippen molar-refractivity contribution < 1.29 is 10.0 Å². The highest BCUT2D eigenvalue weighted by Gasteiger charge is 2.19. The average molecular weight is 234 g/mol. The van der Waals surface area contributed by atoms with E-state index in [4.69, 9.17) is 0 Å². The van der Waals surface area contributed by atoms with Gasteiger partial charge in [-0.3, -0.25) is 0 Å². The van der Waals surface area contributed by atoms with Crippen molar-refractivity contribution in [2.24, 2.45) is 5.92 Å². The third-order valence-electron chi connectivity index (χ3n) is 3.99. The number of likely N-dealkylation sites (tertiary alicyclic amines) is 1. The third kappa shape index (κ3) is 3.01. The second kappa shape index (κ2) is 5.09. The number of hydrogen-bond acceptors (Lipinski definition) is 1. The standard InChI is InChI=1S/C15H23NO/c1-11-4-6-16(7-5-11)10-14-8-12(2)15(17)13(3)9-14/h8-9,11,17H,4-7,10H2,1-3H3/p+1. The minimum absolute atomic E-state index is 0.455. The molecule has 0 aliphatic carbocycles. The fourth-order valence-corrected chi connectivity index (χ4v) is 2.78. The molecule has 1 aliphatic rings. The lowest BCUT2D eigenvalue weighted by atomic mass is 9.98. The molecule has 0 spiro atoms. The molecule has 1 aromatic carbocycles. The molecule has 1 aliphatic heterocycles. The lowest BCUT2D eigenvalue weighted by Crippen LogP contribution is -3.11. The van der Waals surface area contributed by atoms with Crippen LogP contribution in [0.25, 0.3) is 0 Å². The van der Waals surface area contributed by atoms with Crippen LogP contribution in [-0.2, 0) is 6.54 Å². The quantitative estimate of drug-likeness (QED) is 0.801. The number of quaternary nitrogens is 1. The molecule has 94 valence electrons. The fourth-order valence-electron chi connectivity index (χ4n) is 2.78. The predicted molar refractivity (Wildman–Crippen MR) is 70.4 cm³/mol. The molecular weight excluding hydrogens is 210 g/mol. The van der Waals surface area contributed by atoms with Gasteiger partial charge in [0.2, 0.25) is 0 Å². The first-order valence-corrected chi connectivity index (χ1v) is 6.69. The summed E-state index contributed by atoms with van der Waals surface area (Å²) in [5.41, 5.74) is 3.37. The maximum absolute atomic E-state index is 9.76. The SMILES string of the molecule is Cc1cc(C[NH+]2CCC(C)CC2)cc(C)c1O. The van der Waals surface area contributed by atoms with Crippen LogP contribution in [-0.4, -0.2) is 18.2 Å². The second-order valence-electron chi connectivity index (χ2n) is 5.69. The number of nitrogens with one attached hydrogen (secondary N) is 1. The van der Waals surface area contributed by atoms with E-state index in [0.29, 0.717) is 5.75 Å². The van der Waals surface area contributed by atoms with Crippen molar-refractivity contribution >= 4 is 0 Å². The van der Waals surface area contributed by atoms with E-state index in [9.17, 15) is 5.11 Å².